The molecule has 0 radical (unpaired) electrons. The van der Waals surface area contributed by atoms with Crippen molar-refractivity contribution in [3.63, 3.8) is 0 Å². The summed E-state index contributed by atoms with van der Waals surface area (Å²) in [5, 5.41) is 9.50. The highest BCUT2D eigenvalue weighted by Crippen LogP contribution is 2.34. The fraction of sp³-hybridized carbons (Fsp3) is 0.571. The maximum Gasteiger partial charge on any atom is 0.242 e. The van der Waals surface area contributed by atoms with Gasteiger partial charge < -0.3 is 5.11 Å². The van der Waals surface area contributed by atoms with E-state index in [9.17, 15) is 17.9 Å². The van der Waals surface area contributed by atoms with Crippen LogP contribution in [-0.4, -0.2) is 25.7 Å². The molecule has 7 heteroatoms. The first-order valence-corrected chi connectivity index (χ1v) is 8.74. The lowest BCUT2D eigenvalue weighted by Gasteiger charge is -2.39. The zero-order chi connectivity index (χ0) is 15.7. The van der Waals surface area contributed by atoms with Crippen LogP contribution in [0.25, 0.3) is 0 Å². The van der Waals surface area contributed by atoms with Crippen LogP contribution in [0, 0.1) is 11.7 Å². The van der Waals surface area contributed by atoms with Gasteiger partial charge in [0.25, 0.3) is 0 Å². The molecule has 0 amide bonds. The van der Waals surface area contributed by atoms with Gasteiger partial charge in [0, 0.05) is 0 Å². The smallest absolute Gasteiger partial charge is 0.242 e. The predicted octanol–water partition coefficient (Wildman–Crippen LogP) is 2.70. The van der Waals surface area contributed by atoms with Crippen LogP contribution in [0.4, 0.5) is 4.39 Å². The van der Waals surface area contributed by atoms with E-state index < -0.39 is 21.4 Å². The van der Waals surface area contributed by atoms with Crippen LogP contribution >= 0.6 is 11.6 Å². The molecule has 0 heterocycles. The van der Waals surface area contributed by atoms with Crippen molar-refractivity contribution in [2.45, 2.75) is 43.0 Å². The first kappa shape index (κ1) is 16.7. The number of nitrogens with one attached hydrogen (secondary N) is 1. The van der Waals surface area contributed by atoms with Gasteiger partial charge in [0.2, 0.25) is 10.0 Å². The van der Waals surface area contributed by atoms with Gasteiger partial charge in [-0.1, -0.05) is 31.4 Å². The Morgan fingerprint density at radius 1 is 1.52 bits per heavy atom. The molecule has 21 heavy (non-hydrogen) atoms. The molecular formula is C14H19ClFNO3S. The summed E-state index contributed by atoms with van der Waals surface area (Å²) in [6.07, 6.45) is 3.01. The van der Waals surface area contributed by atoms with Gasteiger partial charge in [-0.3, -0.25) is 0 Å². The Morgan fingerprint density at radius 3 is 2.81 bits per heavy atom. The Bertz CT molecular complexity index is 623. The predicted molar refractivity (Wildman–Crippen MR) is 79.2 cm³/mol. The number of halogens is 2. The first-order valence-electron chi connectivity index (χ1n) is 6.88. The van der Waals surface area contributed by atoms with E-state index >= 15 is 0 Å². The zero-order valence-corrected chi connectivity index (χ0v) is 13.3. The van der Waals surface area contributed by atoms with Gasteiger partial charge >= 0.3 is 0 Å². The molecule has 0 saturated heterocycles. The molecule has 1 aromatic rings. The summed E-state index contributed by atoms with van der Waals surface area (Å²) in [4.78, 5) is -0.170. The van der Waals surface area contributed by atoms with Crippen molar-refractivity contribution in [2.24, 2.45) is 5.92 Å². The first-order chi connectivity index (χ1) is 9.78. The van der Waals surface area contributed by atoms with Crippen LogP contribution < -0.4 is 4.72 Å². The molecule has 1 aromatic carbocycles. The summed E-state index contributed by atoms with van der Waals surface area (Å²) in [5.41, 5.74) is -0.867. The molecule has 0 bridgehead atoms. The highest BCUT2D eigenvalue weighted by molar-refractivity contribution is 7.89. The fourth-order valence-corrected chi connectivity index (χ4v) is 4.93. The van der Waals surface area contributed by atoms with Crippen LogP contribution in [0.15, 0.2) is 23.1 Å². The quantitative estimate of drug-likeness (QED) is 0.889. The third-order valence-electron chi connectivity index (χ3n) is 3.93. The van der Waals surface area contributed by atoms with Crippen molar-refractivity contribution >= 4 is 21.6 Å². The number of hydrogen-bond donors (Lipinski definition) is 2. The van der Waals surface area contributed by atoms with Crippen molar-refractivity contribution in [1.82, 2.24) is 4.72 Å². The molecule has 1 saturated carbocycles. The van der Waals surface area contributed by atoms with Crippen LogP contribution in [0.2, 0.25) is 5.02 Å². The van der Waals surface area contributed by atoms with Crippen molar-refractivity contribution in [1.29, 1.82) is 0 Å². The number of benzene rings is 1. The van der Waals surface area contributed by atoms with Gasteiger partial charge in [0.15, 0.2) is 0 Å². The van der Waals surface area contributed by atoms with E-state index in [1.165, 1.54) is 0 Å². The summed E-state index contributed by atoms with van der Waals surface area (Å²) in [5.74, 6) is -0.264. The van der Waals surface area contributed by atoms with Crippen LogP contribution in [-0.2, 0) is 10.0 Å². The van der Waals surface area contributed by atoms with Crippen LogP contribution in [0.1, 0.15) is 32.6 Å². The van der Waals surface area contributed by atoms with Crippen molar-refractivity contribution < 1.29 is 17.9 Å². The van der Waals surface area contributed by atoms with E-state index in [1.54, 1.807) is 0 Å². The second-order valence-corrected chi connectivity index (χ2v) is 7.88. The van der Waals surface area contributed by atoms with Gasteiger partial charge in [-0.25, -0.2) is 17.5 Å². The molecule has 118 valence electrons. The second kappa shape index (κ2) is 6.20. The minimum Gasteiger partial charge on any atom is -0.394 e. The van der Waals surface area contributed by atoms with E-state index in [1.807, 2.05) is 6.92 Å². The lowest BCUT2D eigenvalue weighted by molar-refractivity contribution is 0.120. The van der Waals surface area contributed by atoms with Crippen molar-refractivity contribution in [3.8, 4) is 0 Å². The van der Waals surface area contributed by atoms with Gasteiger partial charge in [0.1, 0.15) is 10.7 Å². The third kappa shape index (κ3) is 3.74. The molecule has 0 spiro atoms. The Balaban J connectivity index is 2.31. The van der Waals surface area contributed by atoms with Crippen molar-refractivity contribution in [3.05, 3.63) is 29.0 Å². The number of aliphatic hydroxyl groups excluding tert-OH is 1. The largest absolute Gasteiger partial charge is 0.394 e. The second-order valence-electron chi connectivity index (χ2n) is 5.82. The van der Waals surface area contributed by atoms with Crippen molar-refractivity contribution in [2.75, 3.05) is 6.61 Å². The summed E-state index contributed by atoms with van der Waals surface area (Å²) in [7, 11) is -3.91. The maximum atomic E-state index is 13.0. The van der Waals surface area contributed by atoms with Gasteiger partial charge in [-0.15, -0.1) is 0 Å². The van der Waals surface area contributed by atoms with Gasteiger partial charge in [-0.2, -0.15) is 0 Å². The van der Waals surface area contributed by atoms with Gasteiger partial charge in [-0.05, 0) is 37.0 Å². The average Bonchev–Trinajstić information content (AvgIpc) is 2.37. The molecule has 1 fully saturated rings. The Morgan fingerprint density at radius 2 is 2.24 bits per heavy atom. The minimum absolute atomic E-state index is 0.167. The highest BCUT2D eigenvalue weighted by atomic mass is 35.5. The standard InChI is InChI=1S/C14H19ClFNO3S/c1-10-3-2-6-14(8-10,9-18)17-21(19,20)13-5-4-11(16)7-12(13)15/h4-5,7,10,17-18H,2-3,6,8-9H2,1H3. The lowest BCUT2D eigenvalue weighted by atomic mass is 9.78. The lowest BCUT2D eigenvalue weighted by Crippen LogP contribution is -2.53. The third-order valence-corrected chi connectivity index (χ3v) is 5.99. The Hall–Kier alpha value is -0.690. The molecule has 2 atom stereocenters. The summed E-state index contributed by atoms with van der Waals surface area (Å²) >= 11 is 5.83. The number of aliphatic hydroxyl groups is 1. The van der Waals surface area contributed by atoms with E-state index in [2.05, 4.69) is 4.72 Å². The van der Waals surface area contributed by atoms with E-state index in [-0.39, 0.29) is 16.5 Å². The molecular weight excluding hydrogens is 317 g/mol. The van der Waals surface area contributed by atoms with Crippen LogP contribution in [0.3, 0.4) is 0 Å². The molecule has 2 unspecified atom stereocenters. The van der Waals surface area contributed by atoms with E-state index in [0.29, 0.717) is 18.8 Å². The molecule has 1 aliphatic carbocycles. The molecule has 1 aliphatic rings. The molecule has 0 aliphatic heterocycles. The molecule has 2 N–H and O–H groups in total. The van der Waals surface area contributed by atoms with Gasteiger partial charge in [0.05, 0.1) is 17.2 Å². The van der Waals surface area contributed by atoms with Crippen LogP contribution in [0.5, 0.6) is 0 Å². The number of rotatable bonds is 4. The maximum absolute atomic E-state index is 13.0. The Labute approximate surface area is 129 Å². The Kier molecular flexibility index (Phi) is 4.92. The summed E-state index contributed by atoms with van der Waals surface area (Å²) < 4.78 is 40.6. The molecule has 0 aromatic heterocycles. The fourth-order valence-electron chi connectivity index (χ4n) is 2.96. The SMILES string of the molecule is CC1CCCC(CO)(NS(=O)(=O)c2ccc(F)cc2Cl)C1. The normalized spacial score (nSPS) is 26.8. The average molecular weight is 336 g/mol. The highest BCUT2D eigenvalue weighted by Gasteiger charge is 2.38. The monoisotopic (exact) mass is 335 g/mol. The number of sulfonamides is 1. The van der Waals surface area contributed by atoms with E-state index in [0.717, 1.165) is 31.0 Å². The number of hydrogen-bond acceptors (Lipinski definition) is 3. The molecule has 2 rings (SSSR count). The zero-order valence-electron chi connectivity index (χ0n) is 11.8. The topological polar surface area (TPSA) is 66.4 Å². The summed E-state index contributed by atoms with van der Waals surface area (Å²) in [6, 6.07) is 3.15. The summed E-state index contributed by atoms with van der Waals surface area (Å²) in [6.45, 7) is 1.76. The van der Waals surface area contributed by atoms with E-state index in [4.69, 9.17) is 11.6 Å². The molecule has 4 nitrogen and oxygen atoms in total. The minimum atomic E-state index is -3.91.